The Morgan fingerprint density at radius 3 is 2.15 bits per heavy atom. The highest BCUT2D eigenvalue weighted by molar-refractivity contribution is 6.37. The lowest BCUT2D eigenvalue weighted by molar-refractivity contribution is -0.274. The monoisotopic (exact) mass is 452 g/mol. The molecule has 3 heterocycles. The molecule has 0 saturated heterocycles. The first-order chi connectivity index (χ1) is 15.6. The number of amides is 2. The van der Waals surface area contributed by atoms with Crippen molar-refractivity contribution in [3.63, 3.8) is 0 Å². The lowest BCUT2D eigenvalue weighted by Gasteiger charge is -2.13. The van der Waals surface area contributed by atoms with Crippen LogP contribution in [0.3, 0.4) is 0 Å². The molecule has 0 unspecified atom stereocenters. The minimum atomic E-state index is -4.80. The van der Waals surface area contributed by atoms with E-state index >= 15 is 0 Å². The van der Waals surface area contributed by atoms with E-state index in [-0.39, 0.29) is 16.9 Å². The molecule has 1 aliphatic rings. The second-order valence-corrected chi connectivity index (χ2v) is 7.57. The average molecular weight is 452 g/mol. The van der Waals surface area contributed by atoms with Crippen molar-refractivity contribution < 1.29 is 27.5 Å². The van der Waals surface area contributed by atoms with E-state index in [1.54, 1.807) is 19.1 Å². The van der Waals surface area contributed by atoms with E-state index in [0.717, 1.165) is 22.6 Å². The fourth-order valence-corrected chi connectivity index (χ4v) is 3.86. The summed E-state index contributed by atoms with van der Waals surface area (Å²) < 4.78 is 42.6. The van der Waals surface area contributed by atoms with Gasteiger partial charge in [0, 0.05) is 6.20 Å². The van der Waals surface area contributed by atoms with Crippen LogP contribution in [0, 0.1) is 13.8 Å². The smallest absolute Gasteiger partial charge is 0.406 e. The van der Waals surface area contributed by atoms with Crippen molar-refractivity contribution in [1.29, 1.82) is 0 Å². The number of anilines is 1. The maximum Gasteiger partial charge on any atom is 0.573 e. The second-order valence-electron chi connectivity index (χ2n) is 7.57. The third-order valence-electron chi connectivity index (χ3n) is 5.33. The Morgan fingerprint density at radius 1 is 0.879 bits per heavy atom. The summed E-state index contributed by atoms with van der Waals surface area (Å²) in [5, 5.41) is 4.83. The van der Waals surface area contributed by atoms with Gasteiger partial charge in [-0.15, -0.1) is 13.2 Å². The number of hydrogen-bond acceptors (Lipinski definition) is 5. The van der Waals surface area contributed by atoms with E-state index in [2.05, 4.69) is 14.8 Å². The number of aromatic nitrogens is 3. The molecule has 7 nitrogen and oxygen atoms in total. The van der Waals surface area contributed by atoms with E-state index < -0.39 is 18.2 Å². The van der Waals surface area contributed by atoms with Crippen LogP contribution in [-0.2, 0) is 0 Å². The number of carbonyl (C=O) groups is 2. The zero-order valence-corrected chi connectivity index (χ0v) is 17.3. The maximum absolute atomic E-state index is 13.3. The van der Waals surface area contributed by atoms with Crippen molar-refractivity contribution in [3.8, 4) is 11.4 Å². The molecule has 2 amide bonds. The van der Waals surface area contributed by atoms with E-state index in [0.29, 0.717) is 28.1 Å². The fourth-order valence-electron chi connectivity index (χ4n) is 3.86. The number of fused-ring (bicyclic) bond motifs is 3. The standard InChI is InChI=1S/C23H15F3N4O3/c1-12-3-5-14(6-4-12)29-21(31)17-11-27-20-18(19(17)22(29)32)13(2)28-30(20)15-7-9-16(10-8-15)33-23(24,25)26/h3-11H,1-2H3. The van der Waals surface area contributed by atoms with Crippen LogP contribution < -0.4 is 9.64 Å². The van der Waals surface area contributed by atoms with Gasteiger partial charge < -0.3 is 4.74 Å². The number of benzene rings is 2. The van der Waals surface area contributed by atoms with Crippen molar-refractivity contribution in [1.82, 2.24) is 14.8 Å². The lowest BCUT2D eigenvalue weighted by Crippen LogP contribution is -2.29. The highest BCUT2D eigenvalue weighted by atomic mass is 19.4. The van der Waals surface area contributed by atoms with Crippen molar-refractivity contribution in [3.05, 3.63) is 77.1 Å². The number of rotatable bonds is 3. The summed E-state index contributed by atoms with van der Waals surface area (Å²) in [6.07, 6.45) is -3.47. The van der Waals surface area contributed by atoms with Crippen LogP contribution >= 0.6 is 0 Å². The van der Waals surface area contributed by atoms with Crippen molar-refractivity contribution in [2.75, 3.05) is 4.90 Å². The van der Waals surface area contributed by atoms with Gasteiger partial charge in [0.15, 0.2) is 5.65 Å². The summed E-state index contributed by atoms with van der Waals surface area (Å²) in [4.78, 5) is 31.8. The number of imide groups is 1. The Kier molecular flexibility index (Phi) is 4.48. The number of halogens is 3. The summed E-state index contributed by atoms with van der Waals surface area (Å²) in [5.74, 6) is -1.33. The summed E-state index contributed by atoms with van der Waals surface area (Å²) in [6.45, 7) is 3.58. The summed E-state index contributed by atoms with van der Waals surface area (Å²) in [7, 11) is 0. The molecule has 2 aromatic carbocycles. The van der Waals surface area contributed by atoms with E-state index in [1.165, 1.54) is 23.0 Å². The normalized spacial score (nSPS) is 13.7. The molecular weight excluding hydrogens is 437 g/mol. The number of hydrogen-bond donors (Lipinski definition) is 0. The van der Waals surface area contributed by atoms with Gasteiger partial charge in [-0.1, -0.05) is 17.7 Å². The SMILES string of the molecule is Cc1ccc(N2C(=O)c3cnc4c(c(C)nn4-c4ccc(OC(F)(F)F)cc4)c3C2=O)cc1. The highest BCUT2D eigenvalue weighted by Gasteiger charge is 2.40. The number of nitrogens with zero attached hydrogens (tertiary/aromatic N) is 4. The van der Waals surface area contributed by atoms with Crippen LogP contribution in [0.1, 0.15) is 32.0 Å². The van der Waals surface area contributed by atoms with Crippen LogP contribution in [0.4, 0.5) is 18.9 Å². The first kappa shape index (κ1) is 20.7. The molecule has 5 rings (SSSR count). The quantitative estimate of drug-likeness (QED) is 0.420. The van der Waals surface area contributed by atoms with Gasteiger partial charge in [-0.3, -0.25) is 9.59 Å². The molecule has 2 aromatic heterocycles. The molecule has 0 N–H and O–H groups in total. The molecule has 0 fully saturated rings. The Balaban J connectivity index is 1.59. The predicted octanol–water partition coefficient (Wildman–Crippen LogP) is 4.74. The average Bonchev–Trinajstić information content (AvgIpc) is 3.22. The lowest BCUT2D eigenvalue weighted by atomic mass is 10.1. The van der Waals surface area contributed by atoms with Gasteiger partial charge >= 0.3 is 6.36 Å². The predicted molar refractivity (Wildman–Crippen MR) is 113 cm³/mol. The molecule has 33 heavy (non-hydrogen) atoms. The molecule has 0 spiro atoms. The van der Waals surface area contributed by atoms with E-state index in [1.807, 2.05) is 19.1 Å². The van der Waals surface area contributed by atoms with Crippen molar-refractivity contribution >= 4 is 28.5 Å². The fraction of sp³-hybridized carbons (Fsp3) is 0.130. The van der Waals surface area contributed by atoms with Crippen LogP contribution in [0.5, 0.6) is 5.75 Å². The largest absolute Gasteiger partial charge is 0.573 e. The summed E-state index contributed by atoms with van der Waals surface area (Å²) in [6, 6.07) is 12.1. The molecule has 0 aliphatic carbocycles. The second kappa shape index (κ2) is 7.16. The van der Waals surface area contributed by atoms with Crippen LogP contribution in [0.2, 0.25) is 0 Å². The van der Waals surface area contributed by atoms with Crippen molar-refractivity contribution in [2.45, 2.75) is 20.2 Å². The minimum absolute atomic E-state index is 0.171. The van der Waals surface area contributed by atoms with Gasteiger partial charge in [-0.2, -0.15) is 5.10 Å². The Labute approximate surface area is 185 Å². The molecule has 0 atom stereocenters. The van der Waals surface area contributed by atoms with E-state index in [9.17, 15) is 22.8 Å². The first-order valence-corrected chi connectivity index (χ1v) is 9.84. The number of ether oxygens (including phenoxy) is 1. The van der Waals surface area contributed by atoms with Gasteiger partial charge in [-0.25, -0.2) is 14.6 Å². The minimum Gasteiger partial charge on any atom is -0.406 e. The van der Waals surface area contributed by atoms with Crippen molar-refractivity contribution in [2.24, 2.45) is 0 Å². The van der Waals surface area contributed by atoms with Gasteiger partial charge in [0.05, 0.1) is 33.6 Å². The first-order valence-electron chi connectivity index (χ1n) is 9.84. The third-order valence-corrected chi connectivity index (χ3v) is 5.33. The number of pyridine rings is 1. The van der Waals surface area contributed by atoms with Gasteiger partial charge in [-0.05, 0) is 50.2 Å². The number of alkyl halides is 3. The molecule has 10 heteroatoms. The van der Waals surface area contributed by atoms with E-state index in [4.69, 9.17) is 0 Å². The summed E-state index contributed by atoms with van der Waals surface area (Å²) in [5.41, 5.74) is 2.99. The topological polar surface area (TPSA) is 77.3 Å². The molecule has 0 radical (unpaired) electrons. The van der Waals surface area contributed by atoms with Crippen LogP contribution in [0.15, 0.2) is 54.7 Å². The molecular formula is C23H15F3N4O3. The van der Waals surface area contributed by atoms with Gasteiger partial charge in [0.2, 0.25) is 0 Å². The molecule has 166 valence electrons. The zero-order chi connectivity index (χ0) is 23.5. The Bertz CT molecular complexity index is 1420. The molecule has 1 aliphatic heterocycles. The van der Waals surface area contributed by atoms with Crippen LogP contribution in [0.25, 0.3) is 16.7 Å². The molecule has 0 bridgehead atoms. The number of carbonyl (C=O) groups excluding carboxylic acids is 2. The van der Waals surface area contributed by atoms with Crippen LogP contribution in [-0.4, -0.2) is 32.9 Å². The van der Waals surface area contributed by atoms with Gasteiger partial charge in [0.1, 0.15) is 5.75 Å². The zero-order valence-electron chi connectivity index (χ0n) is 17.3. The highest BCUT2D eigenvalue weighted by Crippen LogP contribution is 2.35. The summed E-state index contributed by atoms with van der Waals surface area (Å²) >= 11 is 0. The third kappa shape index (κ3) is 3.39. The Morgan fingerprint density at radius 2 is 1.52 bits per heavy atom. The molecule has 4 aromatic rings. The maximum atomic E-state index is 13.3. The Hall–Kier alpha value is -4.21. The van der Waals surface area contributed by atoms with Gasteiger partial charge in [0.25, 0.3) is 11.8 Å². The molecule has 0 saturated carbocycles. The number of aryl methyl sites for hydroxylation is 2.